The minimum absolute atomic E-state index is 0.144. The molecule has 0 saturated carbocycles. The molecule has 140 valence electrons. The minimum Gasteiger partial charge on any atom is -0.480 e. The van der Waals surface area contributed by atoms with Crippen LogP contribution < -0.4 is 10.1 Å². The molecule has 0 aliphatic rings. The van der Waals surface area contributed by atoms with E-state index < -0.39 is 6.10 Å². The molecule has 2 unspecified atom stereocenters. The van der Waals surface area contributed by atoms with Crippen molar-refractivity contribution in [2.45, 2.75) is 32.9 Å². The molecule has 1 heterocycles. The van der Waals surface area contributed by atoms with E-state index in [2.05, 4.69) is 31.3 Å². The summed E-state index contributed by atoms with van der Waals surface area (Å²) in [5.74, 6) is 0.475. The van der Waals surface area contributed by atoms with E-state index in [4.69, 9.17) is 4.74 Å². The highest BCUT2D eigenvalue weighted by Crippen LogP contribution is 2.26. The molecule has 0 spiro atoms. The second-order valence-corrected chi connectivity index (χ2v) is 7.21. The molecule has 2 atom stereocenters. The Balaban J connectivity index is 1.61. The molecule has 1 aromatic heterocycles. The van der Waals surface area contributed by atoms with Crippen LogP contribution in [-0.2, 0) is 4.79 Å². The van der Waals surface area contributed by atoms with Gasteiger partial charge >= 0.3 is 0 Å². The van der Waals surface area contributed by atoms with Crippen molar-refractivity contribution in [3.05, 3.63) is 70.7 Å². The fourth-order valence-corrected chi connectivity index (χ4v) is 3.20. The molecular weight excluding hydrogens is 408 g/mol. The Morgan fingerprint density at radius 1 is 1.19 bits per heavy atom. The number of amides is 1. The van der Waals surface area contributed by atoms with Crippen LogP contribution >= 0.6 is 15.9 Å². The van der Waals surface area contributed by atoms with Gasteiger partial charge in [0.15, 0.2) is 6.10 Å². The van der Waals surface area contributed by atoms with Crippen LogP contribution in [0.2, 0.25) is 0 Å². The van der Waals surface area contributed by atoms with Crippen LogP contribution in [0.1, 0.15) is 31.0 Å². The number of nitrogens with zero attached hydrogens (tertiary/aromatic N) is 3. The van der Waals surface area contributed by atoms with Gasteiger partial charge in [0, 0.05) is 0 Å². The van der Waals surface area contributed by atoms with E-state index >= 15 is 0 Å². The van der Waals surface area contributed by atoms with E-state index in [-0.39, 0.29) is 11.9 Å². The monoisotopic (exact) mass is 428 g/mol. The van der Waals surface area contributed by atoms with Crippen LogP contribution in [0.3, 0.4) is 0 Å². The van der Waals surface area contributed by atoms with Crippen LogP contribution in [0, 0.1) is 6.92 Å². The zero-order chi connectivity index (χ0) is 19.4. The smallest absolute Gasteiger partial charge is 0.261 e. The van der Waals surface area contributed by atoms with E-state index in [1.54, 1.807) is 17.9 Å². The maximum Gasteiger partial charge on any atom is 0.261 e. The third kappa shape index (κ3) is 4.74. The van der Waals surface area contributed by atoms with Gasteiger partial charge in [0.1, 0.15) is 18.4 Å². The van der Waals surface area contributed by atoms with Gasteiger partial charge in [-0.2, -0.15) is 5.10 Å². The Morgan fingerprint density at radius 3 is 2.56 bits per heavy atom. The maximum absolute atomic E-state index is 12.5. The summed E-state index contributed by atoms with van der Waals surface area (Å²) < 4.78 is 8.30. The molecule has 2 aromatic carbocycles. The van der Waals surface area contributed by atoms with E-state index in [0.717, 1.165) is 21.3 Å². The van der Waals surface area contributed by atoms with Crippen LogP contribution in [-0.4, -0.2) is 26.8 Å². The standard InChI is InChI=1S/C20H21BrN4O2/c1-13-4-9-19(18(21)10-13)27-15(3)20(26)24-14(2)16-5-7-17(8-6-16)25-12-22-11-23-25/h4-12,14-15H,1-3H3,(H,24,26). The van der Waals surface area contributed by atoms with Crippen molar-refractivity contribution in [1.82, 2.24) is 20.1 Å². The number of aryl methyl sites for hydroxylation is 1. The van der Waals surface area contributed by atoms with Crippen LogP contribution in [0.15, 0.2) is 59.6 Å². The average molecular weight is 429 g/mol. The van der Waals surface area contributed by atoms with Crippen molar-refractivity contribution in [1.29, 1.82) is 0 Å². The molecule has 0 aliphatic carbocycles. The van der Waals surface area contributed by atoms with Gasteiger partial charge in [0.25, 0.3) is 5.91 Å². The topological polar surface area (TPSA) is 69.0 Å². The SMILES string of the molecule is Cc1ccc(OC(C)C(=O)NC(C)c2ccc(-n3cncn3)cc2)c(Br)c1. The lowest BCUT2D eigenvalue weighted by Crippen LogP contribution is -2.37. The number of hydrogen-bond donors (Lipinski definition) is 1. The zero-order valence-electron chi connectivity index (χ0n) is 15.4. The molecule has 0 aliphatic heterocycles. The molecule has 7 heteroatoms. The number of halogens is 1. The van der Waals surface area contributed by atoms with Crippen molar-refractivity contribution >= 4 is 21.8 Å². The molecule has 0 fully saturated rings. The van der Waals surface area contributed by atoms with Crippen molar-refractivity contribution in [2.75, 3.05) is 0 Å². The lowest BCUT2D eigenvalue weighted by atomic mass is 10.1. The van der Waals surface area contributed by atoms with Crippen LogP contribution in [0.25, 0.3) is 5.69 Å². The summed E-state index contributed by atoms with van der Waals surface area (Å²) in [6, 6.07) is 13.4. The molecule has 3 aromatic rings. The van der Waals surface area contributed by atoms with Crippen molar-refractivity contribution in [3.63, 3.8) is 0 Å². The number of aromatic nitrogens is 3. The largest absolute Gasteiger partial charge is 0.480 e. The minimum atomic E-state index is -0.610. The number of benzene rings is 2. The fraction of sp³-hybridized carbons (Fsp3) is 0.250. The van der Waals surface area contributed by atoms with E-state index in [9.17, 15) is 4.79 Å². The predicted octanol–water partition coefficient (Wildman–Crippen LogP) is 3.98. The Morgan fingerprint density at radius 2 is 1.93 bits per heavy atom. The highest BCUT2D eigenvalue weighted by molar-refractivity contribution is 9.10. The molecular formula is C20H21BrN4O2. The van der Waals surface area contributed by atoms with Crippen molar-refractivity contribution in [2.24, 2.45) is 0 Å². The molecule has 1 amide bonds. The van der Waals surface area contributed by atoms with E-state index in [1.807, 2.05) is 56.3 Å². The first-order chi connectivity index (χ1) is 12.9. The molecule has 0 bridgehead atoms. The third-order valence-electron chi connectivity index (χ3n) is 4.20. The number of nitrogens with one attached hydrogen (secondary N) is 1. The highest BCUT2D eigenvalue weighted by atomic mass is 79.9. The van der Waals surface area contributed by atoms with Gasteiger partial charge in [0.2, 0.25) is 0 Å². The summed E-state index contributed by atoms with van der Waals surface area (Å²) in [7, 11) is 0. The molecule has 6 nitrogen and oxygen atoms in total. The second kappa shape index (κ2) is 8.35. The normalized spacial score (nSPS) is 13.0. The molecule has 0 radical (unpaired) electrons. The first-order valence-corrected chi connectivity index (χ1v) is 9.41. The van der Waals surface area contributed by atoms with Gasteiger partial charge in [-0.15, -0.1) is 0 Å². The predicted molar refractivity (Wildman–Crippen MR) is 107 cm³/mol. The lowest BCUT2D eigenvalue weighted by molar-refractivity contribution is -0.127. The summed E-state index contributed by atoms with van der Waals surface area (Å²) in [5, 5.41) is 7.09. The van der Waals surface area contributed by atoms with Gasteiger partial charge < -0.3 is 10.1 Å². The molecule has 3 rings (SSSR count). The van der Waals surface area contributed by atoms with Gasteiger partial charge in [-0.25, -0.2) is 9.67 Å². The maximum atomic E-state index is 12.5. The molecule has 27 heavy (non-hydrogen) atoms. The average Bonchev–Trinajstić information content (AvgIpc) is 3.18. The van der Waals surface area contributed by atoms with Crippen molar-refractivity contribution in [3.8, 4) is 11.4 Å². The van der Waals surface area contributed by atoms with E-state index in [1.165, 1.54) is 6.33 Å². The Bertz CT molecular complexity index is 910. The Hall–Kier alpha value is -2.67. The summed E-state index contributed by atoms with van der Waals surface area (Å²) in [6.45, 7) is 5.68. The van der Waals surface area contributed by atoms with Gasteiger partial charge in [-0.1, -0.05) is 18.2 Å². The van der Waals surface area contributed by atoms with Crippen LogP contribution in [0.4, 0.5) is 0 Å². The summed E-state index contributed by atoms with van der Waals surface area (Å²) >= 11 is 3.47. The van der Waals surface area contributed by atoms with Gasteiger partial charge in [-0.3, -0.25) is 4.79 Å². The van der Waals surface area contributed by atoms with Gasteiger partial charge in [-0.05, 0) is 72.1 Å². The van der Waals surface area contributed by atoms with Crippen molar-refractivity contribution < 1.29 is 9.53 Å². The quantitative estimate of drug-likeness (QED) is 0.644. The molecule has 1 N–H and O–H groups in total. The highest BCUT2D eigenvalue weighted by Gasteiger charge is 2.18. The third-order valence-corrected chi connectivity index (χ3v) is 4.82. The number of rotatable bonds is 6. The first-order valence-electron chi connectivity index (χ1n) is 8.62. The number of carbonyl (C=O) groups excluding carboxylic acids is 1. The Labute approximate surface area is 166 Å². The number of carbonyl (C=O) groups is 1. The van der Waals surface area contributed by atoms with E-state index in [0.29, 0.717) is 5.75 Å². The van der Waals surface area contributed by atoms with Gasteiger partial charge in [0.05, 0.1) is 16.2 Å². The van der Waals surface area contributed by atoms with Crippen LogP contribution in [0.5, 0.6) is 5.75 Å². The fourth-order valence-electron chi connectivity index (χ4n) is 2.62. The second-order valence-electron chi connectivity index (χ2n) is 6.36. The first kappa shape index (κ1) is 19.1. The number of ether oxygens (including phenoxy) is 1. The number of hydrogen-bond acceptors (Lipinski definition) is 4. The lowest BCUT2D eigenvalue weighted by Gasteiger charge is -2.20. The molecule has 0 saturated heterocycles. The summed E-state index contributed by atoms with van der Waals surface area (Å²) in [6.07, 6.45) is 2.52. The summed E-state index contributed by atoms with van der Waals surface area (Å²) in [4.78, 5) is 16.4. The zero-order valence-corrected chi connectivity index (χ0v) is 17.0. The Kier molecular flexibility index (Phi) is 5.91. The summed E-state index contributed by atoms with van der Waals surface area (Å²) in [5.41, 5.74) is 3.03.